The molecule has 1 heterocycles. The van der Waals surface area contributed by atoms with Crippen molar-refractivity contribution < 1.29 is 4.42 Å². The molecule has 0 aliphatic heterocycles. The van der Waals surface area contributed by atoms with Gasteiger partial charge in [0, 0.05) is 33.8 Å². The van der Waals surface area contributed by atoms with Gasteiger partial charge in [-0.3, -0.25) is 0 Å². The molecule has 0 bridgehead atoms. The summed E-state index contributed by atoms with van der Waals surface area (Å²) in [4.78, 5) is 2.37. The lowest BCUT2D eigenvalue weighted by atomic mass is 9.92. The SMILES string of the molecule is c1ccc(N(c2ccc(-c3ccc4ccccc4c3)cc2)c2ccc3c(c2)oc2ccccc23)c(-c2cc3ccccc3c3ccccc23)c1. The highest BCUT2D eigenvalue weighted by atomic mass is 16.3. The van der Waals surface area contributed by atoms with E-state index in [0.29, 0.717) is 0 Å². The minimum absolute atomic E-state index is 0.870. The standard InChI is InChI=1S/C48H31NO/c1-2-12-34-29-35(22-21-32(34)11-1)33-23-25-37(26-24-33)49(38-27-28-44-43-18-8-10-20-47(43)50-48(44)31-38)46-19-9-7-17-42(46)45-30-36-13-3-4-14-39(36)40-15-5-6-16-41(40)45/h1-31H. The molecule has 1 aromatic heterocycles. The topological polar surface area (TPSA) is 16.4 Å². The van der Waals surface area contributed by atoms with Crippen LogP contribution in [-0.4, -0.2) is 0 Å². The maximum absolute atomic E-state index is 6.42. The van der Waals surface area contributed by atoms with Crippen LogP contribution in [0.25, 0.3) is 76.5 Å². The van der Waals surface area contributed by atoms with Gasteiger partial charge in [0.25, 0.3) is 0 Å². The van der Waals surface area contributed by atoms with Crippen LogP contribution in [0.2, 0.25) is 0 Å². The second-order valence-electron chi connectivity index (χ2n) is 12.9. The molecule has 10 aromatic rings. The molecule has 0 aliphatic rings. The summed E-state index contributed by atoms with van der Waals surface area (Å²) < 4.78 is 6.42. The van der Waals surface area contributed by atoms with E-state index >= 15 is 0 Å². The maximum atomic E-state index is 6.42. The van der Waals surface area contributed by atoms with Crippen LogP contribution in [0.5, 0.6) is 0 Å². The van der Waals surface area contributed by atoms with Gasteiger partial charge < -0.3 is 9.32 Å². The van der Waals surface area contributed by atoms with Crippen molar-refractivity contribution in [3.8, 4) is 22.3 Å². The Balaban J connectivity index is 1.18. The van der Waals surface area contributed by atoms with E-state index < -0.39 is 0 Å². The Hall–Kier alpha value is -6.64. The van der Waals surface area contributed by atoms with Crippen LogP contribution in [0.3, 0.4) is 0 Å². The first kappa shape index (κ1) is 28.4. The third kappa shape index (κ3) is 4.65. The Morgan fingerprint density at radius 3 is 1.80 bits per heavy atom. The molecule has 0 saturated heterocycles. The molecule has 9 aromatic carbocycles. The fourth-order valence-corrected chi connectivity index (χ4v) is 7.63. The molecule has 2 heteroatoms. The van der Waals surface area contributed by atoms with E-state index in [2.05, 4.69) is 181 Å². The van der Waals surface area contributed by atoms with Crippen LogP contribution in [0.15, 0.2) is 192 Å². The summed E-state index contributed by atoms with van der Waals surface area (Å²) in [6.07, 6.45) is 0. The highest BCUT2D eigenvalue weighted by Gasteiger charge is 2.20. The largest absolute Gasteiger partial charge is 0.456 e. The van der Waals surface area contributed by atoms with Crippen molar-refractivity contribution in [3.63, 3.8) is 0 Å². The predicted octanol–water partition coefficient (Wildman–Crippen LogP) is 13.8. The van der Waals surface area contributed by atoms with Crippen molar-refractivity contribution >= 4 is 71.3 Å². The number of fused-ring (bicyclic) bond motifs is 7. The zero-order chi connectivity index (χ0) is 33.0. The molecule has 2 nitrogen and oxygen atoms in total. The molecule has 50 heavy (non-hydrogen) atoms. The first-order chi connectivity index (χ1) is 24.8. The Bertz CT molecular complexity index is 2880. The van der Waals surface area contributed by atoms with Gasteiger partial charge in [0.1, 0.15) is 11.2 Å². The van der Waals surface area contributed by atoms with E-state index in [1.54, 1.807) is 0 Å². The van der Waals surface area contributed by atoms with Crippen molar-refractivity contribution in [2.45, 2.75) is 0 Å². The quantitative estimate of drug-likeness (QED) is 0.175. The fraction of sp³-hybridized carbons (Fsp3) is 0. The van der Waals surface area contributed by atoms with Crippen molar-refractivity contribution in [2.24, 2.45) is 0 Å². The Kier molecular flexibility index (Phi) is 6.53. The number of para-hydroxylation sites is 2. The van der Waals surface area contributed by atoms with Crippen molar-refractivity contribution in [3.05, 3.63) is 188 Å². The molecular weight excluding hydrogens is 607 g/mol. The van der Waals surface area contributed by atoms with E-state index in [-0.39, 0.29) is 0 Å². The number of nitrogens with zero attached hydrogens (tertiary/aromatic N) is 1. The summed E-state index contributed by atoms with van der Waals surface area (Å²) in [5, 5.41) is 9.72. The first-order valence-corrected chi connectivity index (χ1v) is 17.1. The fourth-order valence-electron chi connectivity index (χ4n) is 7.63. The van der Waals surface area contributed by atoms with Gasteiger partial charge in [-0.2, -0.15) is 0 Å². The lowest BCUT2D eigenvalue weighted by Gasteiger charge is -2.28. The summed E-state index contributed by atoms with van der Waals surface area (Å²) >= 11 is 0. The molecule has 0 spiro atoms. The molecule has 10 rings (SSSR count). The van der Waals surface area contributed by atoms with Crippen LogP contribution in [0.1, 0.15) is 0 Å². The average molecular weight is 638 g/mol. The zero-order valence-corrected chi connectivity index (χ0v) is 27.3. The normalized spacial score (nSPS) is 11.6. The summed E-state index contributed by atoms with van der Waals surface area (Å²) in [5.41, 5.74) is 9.73. The number of anilines is 3. The first-order valence-electron chi connectivity index (χ1n) is 17.1. The number of rotatable bonds is 5. The molecule has 234 valence electrons. The van der Waals surface area contributed by atoms with Crippen LogP contribution >= 0.6 is 0 Å². The van der Waals surface area contributed by atoms with Crippen LogP contribution < -0.4 is 4.90 Å². The van der Waals surface area contributed by atoms with Crippen LogP contribution in [0.4, 0.5) is 17.1 Å². The molecule has 0 unspecified atom stereocenters. The van der Waals surface area contributed by atoms with Gasteiger partial charge in [-0.15, -0.1) is 0 Å². The van der Waals surface area contributed by atoms with Crippen LogP contribution in [0, 0.1) is 0 Å². The lowest BCUT2D eigenvalue weighted by Crippen LogP contribution is -2.11. The highest BCUT2D eigenvalue weighted by molar-refractivity contribution is 6.15. The minimum atomic E-state index is 0.870. The van der Waals surface area contributed by atoms with Gasteiger partial charge in [0.2, 0.25) is 0 Å². The maximum Gasteiger partial charge on any atom is 0.137 e. The Morgan fingerprint density at radius 1 is 0.320 bits per heavy atom. The van der Waals surface area contributed by atoms with E-state index in [9.17, 15) is 0 Å². The number of benzene rings is 9. The van der Waals surface area contributed by atoms with E-state index in [4.69, 9.17) is 4.42 Å². The van der Waals surface area contributed by atoms with Gasteiger partial charge in [-0.1, -0.05) is 133 Å². The van der Waals surface area contributed by atoms with Gasteiger partial charge in [-0.25, -0.2) is 0 Å². The Morgan fingerprint density at radius 2 is 0.940 bits per heavy atom. The minimum Gasteiger partial charge on any atom is -0.456 e. The molecule has 0 saturated carbocycles. The number of furan rings is 1. The summed E-state index contributed by atoms with van der Waals surface area (Å²) in [6.45, 7) is 0. The molecule has 0 fully saturated rings. The second kappa shape index (κ2) is 11.5. The highest BCUT2D eigenvalue weighted by Crippen LogP contribution is 2.45. The van der Waals surface area contributed by atoms with E-state index in [1.807, 2.05) is 12.1 Å². The average Bonchev–Trinajstić information content (AvgIpc) is 3.56. The zero-order valence-electron chi connectivity index (χ0n) is 27.3. The van der Waals surface area contributed by atoms with Crippen molar-refractivity contribution in [1.29, 1.82) is 0 Å². The summed E-state index contributed by atoms with van der Waals surface area (Å²) in [5.74, 6) is 0. The van der Waals surface area contributed by atoms with Crippen LogP contribution in [-0.2, 0) is 0 Å². The molecule has 0 radical (unpaired) electrons. The predicted molar refractivity (Wildman–Crippen MR) is 212 cm³/mol. The monoisotopic (exact) mass is 637 g/mol. The number of hydrogen-bond acceptors (Lipinski definition) is 2. The molecule has 0 atom stereocenters. The Labute approximate surface area is 290 Å². The van der Waals surface area contributed by atoms with Crippen molar-refractivity contribution in [1.82, 2.24) is 0 Å². The molecule has 0 N–H and O–H groups in total. The van der Waals surface area contributed by atoms with E-state index in [0.717, 1.165) is 44.6 Å². The second-order valence-corrected chi connectivity index (χ2v) is 12.9. The summed E-state index contributed by atoms with van der Waals surface area (Å²) in [6, 6.07) is 67.6. The van der Waals surface area contributed by atoms with Gasteiger partial charge in [0.05, 0.1) is 5.69 Å². The third-order valence-corrected chi connectivity index (χ3v) is 10.0. The molecule has 0 amide bonds. The number of hydrogen-bond donors (Lipinski definition) is 0. The van der Waals surface area contributed by atoms with E-state index in [1.165, 1.54) is 49.0 Å². The lowest BCUT2D eigenvalue weighted by molar-refractivity contribution is 0.669. The molecular formula is C48H31NO. The van der Waals surface area contributed by atoms with Gasteiger partial charge >= 0.3 is 0 Å². The third-order valence-electron chi connectivity index (χ3n) is 10.0. The van der Waals surface area contributed by atoms with Crippen molar-refractivity contribution in [2.75, 3.05) is 4.90 Å². The summed E-state index contributed by atoms with van der Waals surface area (Å²) in [7, 11) is 0. The van der Waals surface area contributed by atoms with Gasteiger partial charge in [0.15, 0.2) is 0 Å². The molecule has 0 aliphatic carbocycles. The van der Waals surface area contributed by atoms with Gasteiger partial charge in [-0.05, 0) is 97.5 Å². The smallest absolute Gasteiger partial charge is 0.137 e.